The van der Waals surface area contributed by atoms with Crippen LogP contribution >= 0.6 is 0 Å². The van der Waals surface area contributed by atoms with Crippen molar-refractivity contribution in [1.29, 1.82) is 0 Å². The lowest BCUT2D eigenvalue weighted by Crippen LogP contribution is -2.39. The third-order valence-electron chi connectivity index (χ3n) is 3.78. The van der Waals surface area contributed by atoms with Gasteiger partial charge in [-0.1, -0.05) is 12.1 Å². The number of aryl methyl sites for hydroxylation is 1. The van der Waals surface area contributed by atoms with Crippen molar-refractivity contribution in [3.8, 4) is 0 Å². The van der Waals surface area contributed by atoms with E-state index in [2.05, 4.69) is 15.4 Å². The van der Waals surface area contributed by atoms with Crippen molar-refractivity contribution >= 4 is 18.0 Å². The van der Waals surface area contributed by atoms with Gasteiger partial charge in [-0.3, -0.25) is 0 Å². The van der Waals surface area contributed by atoms with Gasteiger partial charge in [0, 0.05) is 12.6 Å². The number of esters is 2. The van der Waals surface area contributed by atoms with Gasteiger partial charge in [0.2, 0.25) is 0 Å². The highest BCUT2D eigenvalue weighted by Crippen LogP contribution is 2.17. The first-order valence-corrected chi connectivity index (χ1v) is 8.78. The number of ether oxygens (including phenoxy) is 2. The highest BCUT2D eigenvalue weighted by molar-refractivity contribution is 5.91. The fourth-order valence-electron chi connectivity index (χ4n) is 2.40. The van der Waals surface area contributed by atoms with Crippen molar-refractivity contribution in [3.05, 3.63) is 58.5 Å². The molecule has 0 aliphatic rings. The van der Waals surface area contributed by atoms with Gasteiger partial charge in [0.25, 0.3) is 0 Å². The Morgan fingerprint density at radius 1 is 1.11 bits per heavy atom. The first-order valence-electron chi connectivity index (χ1n) is 8.78. The maximum absolute atomic E-state index is 12.2. The van der Waals surface area contributed by atoms with Crippen LogP contribution in [-0.2, 0) is 22.6 Å². The minimum atomic E-state index is -0.522. The van der Waals surface area contributed by atoms with Gasteiger partial charge in [-0.05, 0) is 44.5 Å². The molecular weight excluding hydrogens is 364 g/mol. The van der Waals surface area contributed by atoms with Gasteiger partial charge in [-0.25, -0.2) is 14.4 Å². The summed E-state index contributed by atoms with van der Waals surface area (Å²) in [5.41, 5.74) is 1.51. The van der Waals surface area contributed by atoms with Crippen molar-refractivity contribution in [2.75, 3.05) is 7.11 Å². The summed E-state index contributed by atoms with van der Waals surface area (Å²) in [5, 5.41) is 5.46. The third kappa shape index (κ3) is 5.87. The minimum absolute atomic E-state index is 0.0544. The monoisotopic (exact) mass is 388 g/mol. The number of hydrogen-bond donors (Lipinski definition) is 2. The summed E-state index contributed by atoms with van der Waals surface area (Å²) in [6, 6.07) is 8.00. The van der Waals surface area contributed by atoms with E-state index in [1.807, 2.05) is 13.8 Å². The Morgan fingerprint density at radius 2 is 1.79 bits per heavy atom. The quantitative estimate of drug-likeness (QED) is 0.706. The molecule has 0 radical (unpaired) electrons. The molecule has 0 saturated carbocycles. The lowest BCUT2D eigenvalue weighted by Gasteiger charge is -2.10. The highest BCUT2D eigenvalue weighted by atomic mass is 16.5. The Labute approximate surface area is 163 Å². The lowest BCUT2D eigenvalue weighted by atomic mass is 10.1. The van der Waals surface area contributed by atoms with Crippen LogP contribution in [0.4, 0.5) is 4.79 Å². The fourth-order valence-corrected chi connectivity index (χ4v) is 2.40. The van der Waals surface area contributed by atoms with Crippen LogP contribution in [0.25, 0.3) is 0 Å². The van der Waals surface area contributed by atoms with E-state index < -0.39 is 11.9 Å². The minimum Gasteiger partial charge on any atom is -0.465 e. The zero-order valence-corrected chi connectivity index (χ0v) is 16.3. The van der Waals surface area contributed by atoms with Crippen LogP contribution in [0.5, 0.6) is 0 Å². The van der Waals surface area contributed by atoms with E-state index in [1.54, 1.807) is 31.2 Å². The molecule has 0 bridgehead atoms. The van der Waals surface area contributed by atoms with Crippen molar-refractivity contribution < 1.29 is 28.3 Å². The zero-order valence-electron chi connectivity index (χ0n) is 16.3. The van der Waals surface area contributed by atoms with E-state index in [0.29, 0.717) is 29.2 Å². The summed E-state index contributed by atoms with van der Waals surface area (Å²) in [6.07, 6.45) is 0. The third-order valence-corrected chi connectivity index (χ3v) is 3.78. The van der Waals surface area contributed by atoms with Crippen LogP contribution in [0.2, 0.25) is 0 Å². The van der Waals surface area contributed by atoms with E-state index in [0.717, 1.165) is 5.56 Å². The molecule has 0 unspecified atom stereocenters. The Bertz CT molecular complexity index is 839. The molecule has 2 amide bonds. The summed E-state index contributed by atoms with van der Waals surface area (Å²) < 4.78 is 15.3. The maximum atomic E-state index is 12.2. The number of rotatable bonds is 7. The van der Waals surface area contributed by atoms with Crippen molar-refractivity contribution in [2.24, 2.45) is 0 Å². The van der Waals surface area contributed by atoms with E-state index in [-0.39, 0.29) is 18.7 Å². The normalized spacial score (nSPS) is 10.5. The number of amides is 2. The molecule has 150 valence electrons. The van der Waals surface area contributed by atoms with Crippen molar-refractivity contribution in [1.82, 2.24) is 10.6 Å². The molecule has 28 heavy (non-hydrogen) atoms. The standard InChI is InChI=1S/C20H24N2O6/c1-12(2)22-20(25)21-10-14-5-7-15(8-6-14)18(23)27-11-16-9-17(13(3)28-16)19(24)26-4/h5-9,12H,10-11H2,1-4H3,(H2,21,22,25). The molecule has 0 aliphatic carbocycles. The lowest BCUT2D eigenvalue weighted by molar-refractivity contribution is 0.0444. The number of furan rings is 1. The van der Waals surface area contributed by atoms with Crippen LogP contribution < -0.4 is 10.6 Å². The Balaban J connectivity index is 1.87. The summed E-state index contributed by atoms with van der Waals surface area (Å²) in [6.45, 7) is 5.62. The average Bonchev–Trinajstić information content (AvgIpc) is 3.04. The number of benzene rings is 1. The van der Waals surface area contributed by atoms with Gasteiger partial charge in [0.1, 0.15) is 23.7 Å². The van der Waals surface area contributed by atoms with Crippen molar-refractivity contribution in [2.45, 2.75) is 40.0 Å². The van der Waals surface area contributed by atoms with Crippen LogP contribution in [-0.4, -0.2) is 31.1 Å². The van der Waals surface area contributed by atoms with E-state index >= 15 is 0 Å². The average molecular weight is 388 g/mol. The van der Waals surface area contributed by atoms with E-state index in [4.69, 9.17) is 9.15 Å². The summed E-state index contributed by atoms with van der Waals surface area (Å²) in [4.78, 5) is 35.3. The molecule has 8 heteroatoms. The molecule has 1 aromatic carbocycles. The van der Waals surface area contributed by atoms with E-state index in [9.17, 15) is 14.4 Å². The number of nitrogens with one attached hydrogen (secondary N) is 2. The largest absolute Gasteiger partial charge is 0.465 e. The second kappa shape index (κ2) is 9.59. The van der Waals surface area contributed by atoms with Crippen LogP contribution in [0.15, 0.2) is 34.7 Å². The topological polar surface area (TPSA) is 107 Å². The van der Waals surface area contributed by atoms with Crippen LogP contribution in [0.1, 0.15) is 51.6 Å². The molecule has 2 rings (SSSR count). The summed E-state index contributed by atoms with van der Waals surface area (Å²) in [5.74, 6) is -0.282. The first-order chi connectivity index (χ1) is 13.3. The number of hydrogen-bond acceptors (Lipinski definition) is 6. The van der Waals surface area contributed by atoms with E-state index in [1.165, 1.54) is 13.2 Å². The second-order valence-corrected chi connectivity index (χ2v) is 6.43. The van der Waals surface area contributed by atoms with Gasteiger partial charge in [0.05, 0.1) is 12.7 Å². The Hall–Kier alpha value is -3.29. The number of urea groups is 1. The Morgan fingerprint density at radius 3 is 2.39 bits per heavy atom. The van der Waals surface area contributed by atoms with Crippen molar-refractivity contribution in [3.63, 3.8) is 0 Å². The second-order valence-electron chi connectivity index (χ2n) is 6.43. The maximum Gasteiger partial charge on any atom is 0.341 e. The fraction of sp³-hybridized carbons (Fsp3) is 0.350. The summed E-state index contributed by atoms with van der Waals surface area (Å²) in [7, 11) is 1.28. The smallest absolute Gasteiger partial charge is 0.341 e. The zero-order chi connectivity index (χ0) is 20.7. The predicted octanol–water partition coefficient (Wildman–Crippen LogP) is 2.94. The van der Waals surface area contributed by atoms with Crippen LogP contribution in [0, 0.1) is 6.92 Å². The molecule has 1 heterocycles. The highest BCUT2D eigenvalue weighted by Gasteiger charge is 2.16. The molecule has 2 aromatic rings. The van der Waals surface area contributed by atoms with Gasteiger partial charge < -0.3 is 24.5 Å². The van der Waals surface area contributed by atoms with Gasteiger partial charge in [-0.15, -0.1) is 0 Å². The molecular formula is C20H24N2O6. The molecule has 1 aromatic heterocycles. The van der Waals surface area contributed by atoms with Gasteiger partial charge in [-0.2, -0.15) is 0 Å². The SMILES string of the molecule is COC(=O)c1cc(COC(=O)c2ccc(CNC(=O)NC(C)C)cc2)oc1C. The van der Waals surface area contributed by atoms with Gasteiger partial charge >= 0.3 is 18.0 Å². The molecule has 2 N–H and O–H groups in total. The summed E-state index contributed by atoms with van der Waals surface area (Å²) >= 11 is 0. The predicted molar refractivity (Wildman–Crippen MR) is 101 cm³/mol. The number of methoxy groups -OCH3 is 1. The first kappa shape index (κ1) is 21.0. The number of carbonyl (C=O) groups excluding carboxylic acids is 3. The number of carbonyl (C=O) groups is 3. The van der Waals surface area contributed by atoms with Crippen LogP contribution in [0.3, 0.4) is 0 Å². The molecule has 0 atom stereocenters. The molecule has 0 saturated heterocycles. The Kier molecular flexibility index (Phi) is 7.20. The van der Waals surface area contributed by atoms with Gasteiger partial charge in [0.15, 0.2) is 0 Å². The molecule has 0 fully saturated rings. The molecule has 0 spiro atoms. The molecule has 8 nitrogen and oxygen atoms in total. The molecule has 0 aliphatic heterocycles.